The van der Waals surface area contributed by atoms with E-state index < -0.39 is 7.32 Å². The average molecular weight is 339 g/mol. The van der Waals surface area contributed by atoms with Crippen molar-refractivity contribution < 1.29 is 57.2 Å². The summed E-state index contributed by atoms with van der Waals surface area (Å²) in [6, 6.07) is 0. The fraction of sp³-hybridized carbons (Fsp3) is 0. The Hall–Kier alpha value is 1.32. The molecule has 0 aromatic carbocycles. The molecule has 32 valence electrons. The Morgan fingerprint density at radius 2 is 1.00 bits per heavy atom. The Kier molecular flexibility index (Phi) is 25.0. The van der Waals surface area contributed by atoms with Gasteiger partial charge in [0.1, 0.15) is 0 Å². The van der Waals surface area contributed by atoms with Crippen LogP contribution < -0.4 is 15.1 Å². The Bertz CT molecular complexity index is 15.5. The van der Waals surface area contributed by atoms with E-state index in [2.05, 4.69) is 0 Å². The minimum atomic E-state index is -2.92. The average Bonchev–Trinajstić information content (AvgIpc) is 0.811. The summed E-state index contributed by atoms with van der Waals surface area (Å²) >= 11 is 0. The van der Waals surface area contributed by atoms with Crippen LogP contribution in [0.2, 0.25) is 0 Å². The number of rotatable bonds is 0. The SMILES string of the molecule is [Mo+4].[O-]B([O-])[O-].[W]. The molecule has 0 heterocycles. The van der Waals surface area contributed by atoms with Gasteiger partial charge in [0, 0.05) is 21.1 Å². The quantitative estimate of drug-likeness (QED) is 0.423. The van der Waals surface area contributed by atoms with E-state index in [4.69, 9.17) is 15.1 Å². The van der Waals surface area contributed by atoms with Crippen LogP contribution in [0.25, 0.3) is 0 Å². The fourth-order valence-corrected chi connectivity index (χ4v) is 0. The molecule has 0 unspecified atom stereocenters. The zero-order chi connectivity index (χ0) is 3.58. The van der Waals surface area contributed by atoms with E-state index in [1.807, 2.05) is 0 Å². The molecule has 0 aromatic heterocycles. The van der Waals surface area contributed by atoms with Crippen LogP contribution in [0.3, 0.4) is 0 Å². The maximum Gasteiger partial charge on any atom is 4.00 e. The van der Waals surface area contributed by atoms with E-state index in [9.17, 15) is 0 Å². The van der Waals surface area contributed by atoms with Gasteiger partial charge in [-0.3, -0.25) is 7.32 Å². The summed E-state index contributed by atoms with van der Waals surface area (Å²) in [4.78, 5) is 0. The Labute approximate surface area is 64.5 Å². The third-order valence-electron chi connectivity index (χ3n) is 0. The fourth-order valence-electron chi connectivity index (χ4n) is 0. The minimum Gasteiger partial charge on any atom is -0.907 e. The second kappa shape index (κ2) is 9.59. The van der Waals surface area contributed by atoms with Crippen molar-refractivity contribution in [2.24, 2.45) is 0 Å². The van der Waals surface area contributed by atoms with Crippen LogP contribution in [0, 0.1) is 0 Å². The molecule has 0 N–H and O–H groups in total. The van der Waals surface area contributed by atoms with Gasteiger partial charge in [0.15, 0.2) is 0 Å². The molecule has 6 heavy (non-hydrogen) atoms. The van der Waals surface area contributed by atoms with Crippen LogP contribution in [0.1, 0.15) is 0 Å². The first-order valence-corrected chi connectivity index (χ1v) is 0.707. The van der Waals surface area contributed by atoms with Crippen molar-refractivity contribution in [3.8, 4) is 0 Å². The summed E-state index contributed by atoms with van der Waals surface area (Å²) in [6.45, 7) is 0. The second-order valence-electron chi connectivity index (χ2n) is 0.289. The summed E-state index contributed by atoms with van der Waals surface area (Å²) in [6.07, 6.45) is 0. The molecule has 0 amide bonds. The van der Waals surface area contributed by atoms with Gasteiger partial charge in [-0.25, -0.2) is 0 Å². The topological polar surface area (TPSA) is 69.2 Å². The first-order valence-electron chi connectivity index (χ1n) is 0.707. The molecule has 0 aliphatic rings. The van der Waals surface area contributed by atoms with Crippen molar-refractivity contribution in [3.05, 3.63) is 0 Å². The zero-order valence-corrected chi connectivity index (χ0v) is 7.56. The van der Waals surface area contributed by atoms with Gasteiger partial charge in [0.05, 0.1) is 0 Å². The normalized spacial score (nSPS) is 4.50. The Morgan fingerprint density at radius 3 is 1.00 bits per heavy atom. The molecule has 0 radical (unpaired) electrons. The van der Waals surface area contributed by atoms with Crippen LogP contribution in [0.15, 0.2) is 0 Å². The van der Waals surface area contributed by atoms with Gasteiger partial charge in [-0.1, -0.05) is 0 Å². The molecule has 0 atom stereocenters. The van der Waals surface area contributed by atoms with Crippen LogP contribution in [-0.4, -0.2) is 7.32 Å². The molecule has 0 saturated heterocycles. The summed E-state index contributed by atoms with van der Waals surface area (Å²) in [7, 11) is -2.92. The molecule has 0 fully saturated rings. The van der Waals surface area contributed by atoms with Gasteiger partial charge in [-0.15, -0.1) is 0 Å². The van der Waals surface area contributed by atoms with Crippen molar-refractivity contribution in [2.45, 2.75) is 0 Å². The molecule has 3 nitrogen and oxygen atoms in total. The van der Waals surface area contributed by atoms with E-state index in [0.29, 0.717) is 0 Å². The van der Waals surface area contributed by atoms with E-state index in [1.165, 1.54) is 0 Å². The minimum absolute atomic E-state index is 0. The van der Waals surface area contributed by atoms with Crippen molar-refractivity contribution in [1.29, 1.82) is 0 Å². The zero-order valence-electron chi connectivity index (χ0n) is 2.62. The van der Waals surface area contributed by atoms with Crippen molar-refractivity contribution >= 4 is 7.32 Å². The second-order valence-corrected chi connectivity index (χ2v) is 0.289. The van der Waals surface area contributed by atoms with Crippen LogP contribution in [0.4, 0.5) is 0 Å². The van der Waals surface area contributed by atoms with E-state index in [-0.39, 0.29) is 42.1 Å². The number of hydrogen-bond donors (Lipinski definition) is 0. The molecule has 0 spiro atoms. The van der Waals surface area contributed by atoms with Gasteiger partial charge in [0.25, 0.3) is 0 Å². The summed E-state index contributed by atoms with van der Waals surface area (Å²) in [5.74, 6) is 0. The third-order valence-corrected chi connectivity index (χ3v) is 0. The van der Waals surface area contributed by atoms with Gasteiger partial charge in [-0.2, -0.15) is 0 Å². The van der Waals surface area contributed by atoms with E-state index in [0.717, 1.165) is 0 Å². The largest absolute Gasteiger partial charge is 4.00 e. The molecule has 0 saturated carbocycles. The van der Waals surface area contributed by atoms with Crippen LogP contribution in [-0.2, 0) is 42.1 Å². The summed E-state index contributed by atoms with van der Waals surface area (Å²) < 4.78 is 0. The predicted octanol–water partition coefficient (Wildman–Crippen LogP) is -3.95. The first kappa shape index (κ1) is 15.7. The van der Waals surface area contributed by atoms with Crippen molar-refractivity contribution in [3.63, 3.8) is 0 Å². The van der Waals surface area contributed by atoms with Crippen molar-refractivity contribution in [2.75, 3.05) is 0 Å². The van der Waals surface area contributed by atoms with Gasteiger partial charge in [0.2, 0.25) is 0 Å². The predicted molar refractivity (Wildman–Crippen MR) is 5.75 cm³/mol. The number of hydrogen-bond acceptors (Lipinski definition) is 3. The third kappa shape index (κ3) is 56.9. The molecule has 0 bridgehead atoms. The van der Waals surface area contributed by atoms with Gasteiger partial charge in [-0.05, 0) is 0 Å². The molecule has 0 rings (SSSR count). The first-order chi connectivity index (χ1) is 1.73. The monoisotopic (exact) mass is 341 g/mol. The Morgan fingerprint density at radius 1 is 1.00 bits per heavy atom. The van der Waals surface area contributed by atoms with Crippen LogP contribution >= 0.6 is 0 Å². The van der Waals surface area contributed by atoms with Crippen molar-refractivity contribution in [1.82, 2.24) is 0 Å². The Balaban J connectivity index is -0.0000000450. The molecular formula is BMoO3W+. The van der Waals surface area contributed by atoms with E-state index >= 15 is 0 Å². The maximum atomic E-state index is 8.42. The molecular weight excluding hydrogens is 339 g/mol. The molecule has 6 heteroatoms. The van der Waals surface area contributed by atoms with Gasteiger partial charge >= 0.3 is 21.1 Å². The maximum absolute atomic E-state index is 8.42. The summed E-state index contributed by atoms with van der Waals surface area (Å²) in [5, 5.41) is 25.2. The van der Waals surface area contributed by atoms with Crippen LogP contribution in [0.5, 0.6) is 0 Å². The van der Waals surface area contributed by atoms with Gasteiger partial charge < -0.3 is 15.1 Å². The smallest absolute Gasteiger partial charge is 0.907 e. The molecule has 0 aromatic rings. The molecule has 0 aliphatic heterocycles. The van der Waals surface area contributed by atoms with E-state index in [1.54, 1.807) is 0 Å². The molecule has 0 aliphatic carbocycles. The standard InChI is InChI=1S/BO3.Mo.W/c2-1(3)4;;/q-3;+4;. The summed E-state index contributed by atoms with van der Waals surface area (Å²) in [5.41, 5.74) is 0.